The van der Waals surface area contributed by atoms with Crippen molar-refractivity contribution in [3.63, 3.8) is 0 Å². The molecule has 0 bridgehead atoms. The summed E-state index contributed by atoms with van der Waals surface area (Å²) >= 11 is 0. The summed E-state index contributed by atoms with van der Waals surface area (Å²) in [5.74, 6) is -2.49. The third-order valence-corrected chi connectivity index (χ3v) is 6.79. The number of hydrogen-bond donors (Lipinski definition) is 0. The van der Waals surface area contributed by atoms with Gasteiger partial charge in [0.15, 0.2) is 5.78 Å². The molecule has 5 rings (SSSR count). The summed E-state index contributed by atoms with van der Waals surface area (Å²) in [5, 5.41) is 11.0. The molecule has 2 fully saturated rings. The number of anilines is 1. The maximum absolute atomic E-state index is 13.7. The maximum atomic E-state index is 13.7. The molecule has 3 heterocycles. The van der Waals surface area contributed by atoms with Gasteiger partial charge in [-0.05, 0) is 29.3 Å². The molecule has 3 aliphatic rings. The molecule has 2 aromatic carbocycles. The molecule has 0 radical (unpaired) electrons. The number of Topliss-reactive ketones (excluding diaryl/α,β-unsaturated/α-hetero) is 1. The number of nitro groups is 1. The van der Waals surface area contributed by atoms with E-state index in [4.69, 9.17) is 0 Å². The van der Waals surface area contributed by atoms with Crippen molar-refractivity contribution in [2.45, 2.75) is 32.9 Å². The lowest BCUT2D eigenvalue weighted by Gasteiger charge is -2.37. The summed E-state index contributed by atoms with van der Waals surface area (Å²) in [6.07, 6.45) is 3.75. The molecule has 168 valence electrons. The predicted octanol–water partition coefficient (Wildman–Crippen LogP) is 3.73. The van der Waals surface area contributed by atoms with Gasteiger partial charge in [0, 0.05) is 23.7 Å². The summed E-state index contributed by atoms with van der Waals surface area (Å²) in [6.45, 7) is 5.44. The molecule has 3 aliphatic heterocycles. The van der Waals surface area contributed by atoms with Crippen LogP contribution in [-0.2, 0) is 14.4 Å². The molecule has 2 amide bonds. The standard InChI is InChI=1S/C25H23N3O5/c1-25(2,3)22(29)21-19-18(20-17-7-5-4-6-14(17)12-13-26(20)21)23(30)27(24(19)31)15-8-10-16(11-9-15)28(32)33/h4-13,18-21H,1-3H3/t18-,19-,20+,21-/m0/s1. The van der Waals surface area contributed by atoms with E-state index in [1.807, 2.05) is 62.2 Å². The Kier molecular flexibility index (Phi) is 4.53. The van der Waals surface area contributed by atoms with E-state index in [9.17, 15) is 24.5 Å². The summed E-state index contributed by atoms with van der Waals surface area (Å²) in [5.41, 5.74) is 1.30. The summed E-state index contributed by atoms with van der Waals surface area (Å²) in [7, 11) is 0. The van der Waals surface area contributed by atoms with Gasteiger partial charge in [0.25, 0.3) is 5.69 Å². The first-order valence-corrected chi connectivity index (χ1v) is 10.8. The van der Waals surface area contributed by atoms with E-state index >= 15 is 0 Å². The fraction of sp³-hybridized carbons (Fsp3) is 0.320. The van der Waals surface area contributed by atoms with Crippen molar-refractivity contribution in [1.29, 1.82) is 0 Å². The number of rotatable bonds is 3. The normalized spacial score (nSPS) is 25.7. The lowest BCUT2D eigenvalue weighted by Crippen LogP contribution is -2.47. The van der Waals surface area contributed by atoms with Crippen molar-refractivity contribution in [3.05, 3.63) is 76.0 Å². The monoisotopic (exact) mass is 445 g/mol. The minimum atomic E-state index is -0.833. The van der Waals surface area contributed by atoms with Crippen LogP contribution in [0, 0.1) is 27.4 Å². The number of benzene rings is 2. The van der Waals surface area contributed by atoms with Crippen LogP contribution in [0.4, 0.5) is 11.4 Å². The first-order valence-electron chi connectivity index (χ1n) is 10.8. The summed E-state index contributed by atoms with van der Waals surface area (Å²) in [6, 6.07) is 11.8. The fourth-order valence-corrected chi connectivity index (χ4v) is 5.28. The molecule has 0 N–H and O–H groups in total. The number of non-ortho nitro benzene ring substituents is 1. The van der Waals surface area contributed by atoms with E-state index in [0.29, 0.717) is 0 Å². The van der Waals surface area contributed by atoms with Crippen molar-refractivity contribution in [2.75, 3.05) is 4.90 Å². The highest BCUT2D eigenvalue weighted by Crippen LogP contribution is 2.54. The number of amides is 2. The molecule has 2 aromatic rings. The quantitative estimate of drug-likeness (QED) is 0.405. The van der Waals surface area contributed by atoms with Crippen molar-refractivity contribution in [2.24, 2.45) is 17.3 Å². The van der Waals surface area contributed by atoms with Gasteiger partial charge >= 0.3 is 0 Å². The Morgan fingerprint density at radius 1 is 0.970 bits per heavy atom. The number of carbonyl (C=O) groups is 3. The Labute approximate surface area is 190 Å². The predicted molar refractivity (Wildman–Crippen MR) is 121 cm³/mol. The van der Waals surface area contributed by atoms with Crippen LogP contribution in [0.1, 0.15) is 37.9 Å². The van der Waals surface area contributed by atoms with Crippen LogP contribution in [0.3, 0.4) is 0 Å². The Bertz CT molecular complexity index is 1230. The zero-order valence-corrected chi connectivity index (χ0v) is 18.5. The van der Waals surface area contributed by atoms with Gasteiger partial charge in [-0.15, -0.1) is 0 Å². The smallest absolute Gasteiger partial charge is 0.269 e. The molecule has 0 aliphatic carbocycles. The van der Waals surface area contributed by atoms with Crippen LogP contribution in [0.15, 0.2) is 54.7 Å². The Balaban J connectivity index is 1.63. The average Bonchev–Trinajstić information content (AvgIpc) is 3.25. The van der Waals surface area contributed by atoms with Crippen LogP contribution >= 0.6 is 0 Å². The lowest BCUT2D eigenvalue weighted by atomic mass is 9.79. The highest BCUT2D eigenvalue weighted by molar-refractivity contribution is 6.24. The molecule has 4 atom stereocenters. The van der Waals surface area contributed by atoms with Gasteiger partial charge in [-0.25, -0.2) is 4.90 Å². The molecule has 0 unspecified atom stereocenters. The summed E-state index contributed by atoms with van der Waals surface area (Å²) in [4.78, 5) is 54.4. The second-order valence-corrected chi connectivity index (χ2v) is 9.73. The highest BCUT2D eigenvalue weighted by Gasteiger charge is 2.65. The maximum Gasteiger partial charge on any atom is 0.269 e. The Morgan fingerprint density at radius 3 is 2.24 bits per heavy atom. The van der Waals surface area contributed by atoms with Crippen molar-refractivity contribution in [3.8, 4) is 0 Å². The number of carbonyl (C=O) groups excluding carboxylic acids is 3. The van der Waals surface area contributed by atoms with Crippen LogP contribution in [-0.4, -0.2) is 33.5 Å². The Hall–Kier alpha value is -3.81. The minimum absolute atomic E-state index is 0.101. The molecular formula is C25H23N3O5. The highest BCUT2D eigenvalue weighted by atomic mass is 16.6. The van der Waals surface area contributed by atoms with E-state index in [2.05, 4.69) is 0 Å². The van der Waals surface area contributed by atoms with E-state index < -0.39 is 40.2 Å². The first kappa shape index (κ1) is 21.1. The van der Waals surface area contributed by atoms with E-state index in [1.165, 1.54) is 24.3 Å². The number of fused-ring (bicyclic) bond motifs is 5. The molecular weight excluding hydrogens is 422 g/mol. The van der Waals surface area contributed by atoms with Gasteiger partial charge in [-0.2, -0.15) is 0 Å². The van der Waals surface area contributed by atoms with Crippen molar-refractivity contribution < 1.29 is 19.3 Å². The van der Waals surface area contributed by atoms with Crippen LogP contribution in [0.2, 0.25) is 0 Å². The molecule has 2 saturated heterocycles. The average molecular weight is 445 g/mol. The van der Waals surface area contributed by atoms with Gasteiger partial charge in [0.1, 0.15) is 6.04 Å². The van der Waals surface area contributed by atoms with Crippen LogP contribution in [0.5, 0.6) is 0 Å². The second kappa shape index (κ2) is 7.10. The van der Waals surface area contributed by atoms with E-state index in [1.54, 1.807) is 0 Å². The second-order valence-electron chi connectivity index (χ2n) is 9.73. The molecule has 0 saturated carbocycles. The number of imide groups is 1. The van der Waals surface area contributed by atoms with Gasteiger partial charge in [-0.3, -0.25) is 24.5 Å². The molecule has 0 spiro atoms. The zero-order valence-electron chi connectivity index (χ0n) is 18.5. The number of hydrogen-bond acceptors (Lipinski definition) is 6. The molecule has 8 heteroatoms. The number of nitrogens with zero attached hydrogens (tertiary/aromatic N) is 3. The van der Waals surface area contributed by atoms with E-state index in [0.717, 1.165) is 16.0 Å². The van der Waals surface area contributed by atoms with Crippen molar-refractivity contribution >= 4 is 35.0 Å². The van der Waals surface area contributed by atoms with Crippen LogP contribution in [0.25, 0.3) is 6.08 Å². The van der Waals surface area contributed by atoms with Gasteiger partial charge in [0.2, 0.25) is 11.8 Å². The lowest BCUT2D eigenvalue weighted by molar-refractivity contribution is -0.384. The molecule has 33 heavy (non-hydrogen) atoms. The zero-order chi connectivity index (χ0) is 23.7. The Morgan fingerprint density at radius 2 is 1.61 bits per heavy atom. The van der Waals surface area contributed by atoms with Gasteiger partial charge in [0.05, 0.1) is 28.5 Å². The SMILES string of the molecule is CC(C)(C)C(=O)[C@@H]1[C@H]2C(=O)N(c3ccc([N+](=O)[O-])cc3)C(=O)[C@@H]2[C@H]2c3ccccc3C=CN12. The third kappa shape index (κ3) is 3.01. The van der Waals surface area contributed by atoms with Gasteiger partial charge in [-0.1, -0.05) is 45.0 Å². The largest absolute Gasteiger partial charge is 0.359 e. The molecule has 0 aromatic heterocycles. The van der Waals surface area contributed by atoms with E-state index in [-0.39, 0.29) is 23.1 Å². The first-order chi connectivity index (χ1) is 15.6. The summed E-state index contributed by atoms with van der Waals surface area (Å²) < 4.78 is 0. The minimum Gasteiger partial charge on any atom is -0.359 e. The topological polar surface area (TPSA) is 101 Å². The third-order valence-electron chi connectivity index (χ3n) is 6.79. The number of ketones is 1. The van der Waals surface area contributed by atoms with Crippen molar-refractivity contribution in [1.82, 2.24) is 4.90 Å². The molecule has 8 nitrogen and oxygen atoms in total. The van der Waals surface area contributed by atoms with Crippen LogP contribution < -0.4 is 4.90 Å². The van der Waals surface area contributed by atoms with Gasteiger partial charge < -0.3 is 4.90 Å². The number of nitro benzene ring substituents is 1. The fourth-order valence-electron chi connectivity index (χ4n) is 5.28.